The Morgan fingerprint density at radius 2 is 2.17 bits per heavy atom. The molecule has 96 valence electrons. The van der Waals surface area contributed by atoms with Crippen molar-refractivity contribution in [1.29, 1.82) is 0 Å². The number of hydrogen-bond donors (Lipinski definition) is 3. The Kier molecular flexibility index (Phi) is 3.52. The minimum Gasteiger partial charge on any atom is -0.397 e. The fourth-order valence-electron chi connectivity index (χ4n) is 1.49. The number of nitrogens with two attached hydrogens (primary N) is 2. The number of rotatable bonds is 4. The van der Waals surface area contributed by atoms with Crippen LogP contribution in [0.4, 0.5) is 21.5 Å². The Bertz CT molecular complexity index is 542. The molecule has 0 radical (unpaired) electrons. The maximum Gasteiger partial charge on any atom is 0.169 e. The van der Waals surface area contributed by atoms with Crippen LogP contribution >= 0.6 is 11.6 Å². The number of nitrogens with one attached hydrogen (secondary N) is 1. The zero-order valence-corrected chi connectivity index (χ0v) is 10.2. The van der Waals surface area contributed by atoms with E-state index in [9.17, 15) is 4.39 Å². The summed E-state index contributed by atoms with van der Waals surface area (Å²) in [5.74, 6) is -0.646. The molecule has 1 aromatic carbocycles. The lowest BCUT2D eigenvalue weighted by molar-refractivity contribution is 0.602. The van der Waals surface area contributed by atoms with Crippen LogP contribution in [0, 0.1) is 5.82 Å². The van der Waals surface area contributed by atoms with Crippen LogP contribution in [0.5, 0.6) is 0 Å². The van der Waals surface area contributed by atoms with E-state index in [4.69, 9.17) is 23.1 Å². The van der Waals surface area contributed by atoms with Crippen LogP contribution in [0.1, 0.15) is 0 Å². The third kappa shape index (κ3) is 2.45. The van der Waals surface area contributed by atoms with Gasteiger partial charge in [0.1, 0.15) is 5.02 Å². The van der Waals surface area contributed by atoms with E-state index in [0.717, 1.165) is 0 Å². The van der Waals surface area contributed by atoms with Gasteiger partial charge in [-0.2, -0.15) is 0 Å². The van der Waals surface area contributed by atoms with Crippen molar-refractivity contribution in [2.45, 2.75) is 6.54 Å². The van der Waals surface area contributed by atoms with Gasteiger partial charge in [-0.1, -0.05) is 16.8 Å². The molecule has 1 aromatic heterocycles. The highest BCUT2D eigenvalue weighted by molar-refractivity contribution is 6.33. The maximum absolute atomic E-state index is 13.8. The molecular weight excluding hydrogens is 259 g/mol. The van der Waals surface area contributed by atoms with Crippen molar-refractivity contribution in [2.75, 3.05) is 23.3 Å². The number of aromatic nitrogens is 3. The fourth-order valence-corrected chi connectivity index (χ4v) is 1.64. The van der Waals surface area contributed by atoms with E-state index in [1.165, 1.54) is 6.07 Å². The largest absolute Gasteiger partial charge is 0.397 e. The minimum absolute atomic E-state index is 0.119. The number of nitrogen functional groups attached to an aromatic ring is 2. The Balaban J connectivity index is 2.07. The van der Waals surface area contributed by atoms with Gasteiger partial charge in [0.2, 0.25) is 0 Å². The number of benzene rings is 1. The van der Waals surface area contributed by atoms with Crippen molar-refractivity contribution in [3.05, 3.63) is 29.3 Å². The summed E-state index contributed by atoms with van der Waals surface area (Å²) in [6, 6.07) is 1.42. The van der Waals surface area contributed by atoms with E-state index in [1.54, 1.807) is 17.1 Å². The molecule has 0 saturated heterocycles. The summed E-state index contributed by atoms with van der Waals surface area (Å²) in [6.45, 7) is 0.964. The Hall–Kier alpha value is -2.02. The second-order valence-corrected chi connectivity index (χ2v) is 4.03. The third-order valence-corrected chi connectivity index (χ3v) is 2.76. The van der Waals surface area contributed by atoms with Crippen molar-refractivity contribution in [3.63, 3.8) is 0 Å². The van der Waals surface area contributed by atoms with Crippen LogP contribution < -0.4 is 16.8 Å². The molecule has 5 N–H and O–H groups in total. The summed E-state index contributed by atoms with van der Waals surface area (Å²) in [4.78, 5) is 0. The average Bonchev–Trinajstić information content (AvgIpc) is 2.84. The molecule has 0 saturated carbocycles. The van der Waals surface area contributed by atoms with E-state index in [-0.39, 0.29) is 22.1 Å². The SMILES string of the molecule is Nc1cc(N)c(NCCn2ccnn2)c(F)c1Cl. The highest BCUT2D eigenvalue weighted by Crippen LogP contribution is 2.33. The predicted molar refractivity (Wildman–Crippen MR) is 68.7 cm³/mol. The van der Waals surface area contributed by atoms with Gasteiger partial charge in [-0.25, -0.2) is 4.39 Å². The van der Waals surface area contributed by atoms with E-state index in [1.807, 2.05) is 0 Å². The molecule has 2 aromatic rings. The van der Waals surface area contributed by atoms with E-state index in [2.05, 4.69) is 15.6 Å². The topological polar surface area (TPSA) is 94.8 Å². The zero-order chi connectivity index (χ0) is 13.1. The van der Waals surface area contributed by atoms with Gasteiger partial charge in [-0.05, 0) is 6.07 Å². The molecule has 18 heavy (non-hydrogen) atoms. The Labute approximate surface area is 108 Å². The van der Waals surface area contributed by atoms with Gasteiger partial charge >= 0.3 is 0 Å². The van der Waals surface area contributed by atoms with Crippen molar-refractivity contribution >= 4 is 28.7 Å². The van der Waals surface area contributed by atoms with Gasteiger partial charge < -0.3 is 16.8 Å². The first-order valence-corrected chi connectivity index (χ1v) is 5.58. The van der Waals surface area contributed by atoms with Crippen LogP contribution in [0.25, 0.3) is 0 Å². The first-order valence-electron chi connectivity index (χ1n) is 5.20. The minimum atomic E-state index is -0.646. The van der Waals surface area contributed by atoms with E-state index in [0.29, 0.717) is 13.1 Å². The van der Waals surface area contributed by atoms with Crippen LogP contribution in [0.15, 0.2) is 18.5 Å². The first kappa shape index (κ1) is 12.4. The van der Waals surface area contributed by atoms with E-state index < -0.39 is 5.82 Å². The van der Waals surface area contributed by atoms with Gasteiger partial charge in [-0.15, -0.1) is 5.10 Å². The molecule has 0 bridgehead atoms. The average molecular weight is 271 g/mol. The van der Waals surface area contributed by atoms with Crippen molar-refractivity contribution in [1.82, 2.24) is 15.0 Å². The summed E-state index contributed by atoms with van der Waals surface area (Å²) in [5.41, 5.74) is 11.7. The van der Waals surface area contributed by atoms with Crippen LogP contribution in [0.2, 0.25) is 5.02 Å². The molecule has 1 heterocycles. The lowest BCUT2D eigenvalue weighted by atomic mass is 10.2. The normalized spacial score (nSPS) is 10.6. The molecule has 8 heteroatoms. The lowest BCUT2D eigenvalue weighted by Gasteiger charge is -2.12. The molecule has 0 fully saturated rings. The monoisotopic (exact) mass is 270 g/mol. The highest BCUT2D eigenvalue weighted by atomic mass is 35.5. The summed E-state index contributed by atoms with van der Waals surface area (Å²) in [6.07, 6.45) is 3.27. The van der Waals surface area contributed by atoms with Gasteiger partial charge in [0.15, 0.2) is 5.82 Å². The molecule has 0 unspecified atom stereocenters. The molecule has 6 nitrogen and oxygen atoms in total. The predicted octanol–water partition coefficient (Wildman–Crippen LogP) is 1.35. The number of halogens is 2. The maximum atomic E-state index is 13.8. The quantitative estimate of drug-likeness (QED) is 0.729. The van der Waals surface area contributed by atoms with Gasteiger partial charge in [0.05, 0.1) is 29.8 Å². The molecule has 0 atom stereocenters. The highest BCUT2D eigenvalue weighted by Gasteiger charge is 2.13. The molecule has 0 spiro atoms. The second kappa shape index (κ2) is 5.09. The molecule has 0 aliphatic heterocycles. The summed E-state index contributed by atoms with van der Waals surface area (Å²) < 4.78 is 15.4. The summed E-state index contributed by atoms with van der Waals surface area (Å²) >= 11 is 5.71. The molecule has 0 aliphatic rings. The molecule has 0 amide bonds. The fraction of sp³-hybridized carbons (Fsp3) is 0.200. The standard InChI is InChI=1S/C10H12ClFN6/c11-8-6(13)5-7(14)10(9(8)12)15-1-3-18-4-2-16-17-18/h2,4-5,15H,1,3,13-14H2. The molecule has 0 aliphatic carbocycles. The van der Waals surface area contributed by atoms with Gasteiger partial charge in [0, 0.05) is 12.7 Å². The lowest BCUT2D eigenvalue weighted by Crippen LogP contribution is -2.13. The third-order valence-electron chi connectivity index (χ3n) is 2.38. The summed E-state index contributed by atoms with van der Waals surface area (Å²) in [5, 5.41) is 10.2. The van der Waals surface area contributed by atoms with E-state index >= 15 is 0 Å². The number of hydrogen-bond acceptors (Lipinski definition) is 5. The summed E-state index contributed by atoms with van der Waals surface area (Å²) in [7, 11) is 0. The Morgan fingerprint density at radius 1 is 1.39 bits per heavy atom. The van der Waals surface area contributed by atoms with Crippen molar-refractivity contribution in [3.8, 4) is 0 Å². The smallest absolute Gasteiger partial charge is 0.169 e. The number of nitrogens with zero attached hydrogens (tertiary/aromatic N) is 3. The van der Waals surface area contributed by atoms with Crippen LogP contribution in [-0.4, -0.2) is 21.5 Å². The zero-order valence-electron chi connectivity index (χ0n) is 9.40. The first-order chi connectivity index (χ1) is 8.59. The van der Waals surface area contributed by atoms with Gasteiger partial charge in [-0.3, -0.25) is 4.68 Å². The van der Waals surface area contributed by atoms with Crippen LogP contribution in [0.3, 0.4) is 0 Å². The van der Waals surface area contributed by atoms with Crippen LogP contribution in [-0.2, 0) is 6.54 Å². The Morgan fingerprint density at radius 3 is 2.83 bits per heavy atom. The second-order valence-electron chi connectivity index (χ2n) is 3.65. The number of anilines is 3. The van der Waals surface area contributed by atoms with Crippen molar-refractivity contribution in [2.24, 2.45) is 0 Å². The van der Waals surface area contributed by atoms with Crippen molar-refractivity contribution < 1.29 is 4.39 Å². The molecule has 2 rings (SSSR count). The molecular formula is C10H12ClFN6. The van der Waals surface area contributed by atoms with Gasteiger partial charge in [0.25, 0.3) is 0 Å².